The van der Waals surface area contributed by atoms with Gasteiger partial charge in [-0.05, 0) is 38.0 Å². The van der Waals surface area contributed by atoms with E-state index in [1.807, 2.05) is 26.0 Å². The van der Waals surface area contributed by atoms with E-state index in [-0.39, 0.29) is 24.4 Å². The Labute approximate surface area is 145 Å². The Morgan fingerprint density at radius 3 is 2.13 bits per heavy atom. The van der Waals surface area contributed by atoms with Crippen LogP contribution in [0.4, 0.5) is 4.79 Å². The summed E-state index contributed by atoms with van der Waals surface area (Å²) in [5.41, 5.74) is 2.11. The molecule has 0 fully saturated rings. The molecule has 1 atom stereocenters. The fourth-order valence-electron chi connectivity index (χ4n) is 2.61. The summed E-state index contributed by atoms with van der Waals surface area (Å²) < 4.78 is 11.1. The van der Waals surface area contributed by atoms with Gasteiger partial charge in [-0.1, -0.05) is 13.3 Å². The molecule has 23 heavy (non-hydrogen) atoms. The highest BCUT2D eigenvalue weighted by molar-refractivity contribution is 5.85. The fraction of sp³-hybridized carbons (Fsp3) is 0.588. The number of benzene rings is 1. The number of halogens is 1. The molecule has 0 aliphatic rings. The number of nitrogens with one attached hydrogen (secondary N) is 2. The lowest BCUT2D eigenvalue weighted by Crippen LogP contribution is -2.37. The Balaban J connectivity index is 0.00000484. The molecule has 0 saturated carbocycles. The SMILES string of the molecule is CCCC(CNC(=O)NCC)c1c(OC)cc(C)cc1OC.Cl. The van der Waals surface area contributed by atoms with E-state index >= 15 is 0 Å². The quantitative estimate of drug-likeness (QED) is 0.757. The third-order valence-corrected chi connectivity index (χ3v) is 3.58. The molecular formula is C17H29ClN2O3. The Kier molecular flexibility index (Phi) is 10.2. The number of hydrogen-bond donors (Lipinski definition) is 2. The smallest absolute Gasteiger partial charge is 0.314 e. The van der Waals surface area contributed by atoms with E-state index in [0.29, 0.717) is 13.1 Å². The minimum absolute atomic E-state index is 0. The highest BCUT2D eigenvalue weighted by Crippen LogP contribution is 2.38. The van der Waals surface area contributed by atoms with Gasteiger partial charge in [-0.3, -0.25) is 0 Å². The molecule has 1 rings (SSSR count). The molecule has 0 bridgehead atoms. The van der Waals surface area contributed by atoms with Crippen LogP contribution in [0.25, 0.3) is 0 Å². The Bertz CT molecular complexity index is 470. The Morgan fingerprint density at radius 2 is 1.70 bits per heavy atom. The first kappa shape index (κ1) is 21.4. The van der Waals surface area contributed by atoms with Crippen molar-refractivity contribution in [2.24, 2.45) is 0 Å². The van der Waals surface area contributed by atoms with Gasteiger partial charge in [0.05, 0.1) is 14.2 Å². The molecule has 0 spiro atoms. The maximum absolute atomic E-state index is 11.7. The van der Waals surface area contributed by atoms with Crippen LogP contribution in [-0.4, -0.2) is 33.3 Å². The van der Waals surface area contributed by atoms with Crippen LogP contribution in [0.3, 0.4) is 0 Å². The van der Waals surface area contributed by atoms with Crippen molar-refractivity contribution in [1.29, 1.82) is 0 Å². The maximum atomic E-state index is 11.7. The van der Waals surface area contributed by atoms with Gasteiger partial charge >= 0.3 is 6.03 Å². The summed E-state index contributed by atoms with van der Waals surface area (Å²) in [6.07, 6.45) is 1.96. The van der Waals surface area contributed by atoms with Gasteiger partial charge in [0, 0.05) is 24.6 Å². The second kappa shape index (κ2) is 11.0. The summed E-state index contributed by atoms with van der Waals surface area (Å²) in [5, 5.41) is 5.67. The van der Waals surface area contributed by atoms with Gasteiger partial charge in [-0.2, -0.15) is 0 Å². The second-order valence-electron chi connectivity index (χ2n) is 5.31. The van der Waals surface area contributed by atoms with Gasteiger partial charge in [-0.15, -0.1) is 12.4 Å². The van der Waals surface area contributed by atoms with Gasteiger partial charge in [0.25, 0.3) is 0 Å². The summed E-state index contributed by atoms with van der Waals surface area (Å²) in [6, 6.07) is 3.87. The van der Waals surface area contributed by atoms with E-state index in [9.17, 15) is 4.79 Å². The van der Waals surface area contributed by atoms with Crippen molar-refractivity contribution in [2.75, 3.05) is 27.3 Å². The van der Waals surface area contributed by atoms with Crippen molar-refractivity contribution in [3.8, 4) is 11.5 Å². The number of methoxy groups -OCH3 is 2. The van der Waals surface area contributed by atoms with E-state index in [1.165, 1.54) is 0 Å². The number of amides is 2. The van der Waals surface area contributed by atoms with Crippen LogP contribution in [0.2, 0.25) is 0 Å². The number of aryl methyl sites for hydroxylation is 1. The summed E-state index contributed by atoms with van der Waals surface area (Å²) in [5.74, 6) is 1.78. The van der Waals surface area contributed by atoms with E-state index in [1.54, 1.807) is 14.2 Å². The molecule has 0 saturated heterocycles. The highest BCUT2D eigenvalue weighted by atomic mass is 35.5. The molecule has 1 aromatic rings. The van der Waals surface area contributed by atoms with E-state index in [4.69, 9.17) is 9.47 Å². The molecule has 2 amide bonds. The van der Waals surface area contributed by atoms with Crippen molar-refractivity contribution in [1.82, 2.24) is 10.6 Å². The van der Waals surface area contributed by atoms with Crippen LogP contribution in [0.5, 0.6) is 11.5 Å². The minimum Gasteiger partial charge on any atom is -0.496 e. The third-order valence-electron chi connectivity index (χ3n) is 3.58. The molecule has 0 heterocycles. The zero-order valence-corrected chi connectivity index (χ0v) is 15.5. The minimum atomic E-state index is -0.145. The molecule has 0 aromatic heterocycles. The number of rotatable bonds is 8. The number of hydrogen-bond acceptors (Lipinski definition) is 3. The summed E-state index contributed by atoms with van der Waals surface area (Å²) in [6.45, 7) is 7.20. The maximum Gasteiger partial charge on any atom is 0.314 e. The molecule has 0 radical (unpaired) electrons. The number of carbonyl (C=O) groups excluding carboxylic acids is 1. The fourth-order valence-corrected chi connectivity index (χ4v) is 2.61. The molecule has 2 N–H and O–H groups in total. The lowest BCUT2D eigenvalue weighted by atomic mass is 9.91. The number of urea groups is 1. The van der Waals surface area contributed by atoms with Crippen LogP contribution in [0.1, 0.15) is 43.7 Å². The van der Waals surface area contributed by atoms with Gasteiger partial charge < -0.3 is 20.1 Å². The first-order valence-corrected chi connectivity index (χ1v) is 7.81. The molecule has 6 heteroatoms. The van der Waals surface area contributed by atoms with Crippen molar-refractivity contribution < 1.29 is 14.3 Å². The lowest BCUT2D eigenvalue weighted by Gasteiger charge is -2.23. The largest absolute Gasteiger partial charge is 0.496 e. The van der Waals surface area contributed by atoms with Crippen molar-refractivity contribution in [3.05, 3.63) is 23.3 Å². The predicted molar refractivity (Wildman–Crippen MR) is 96.3 cm³/mol. The Morgan fingerprint density at radius 1 is 1.13 bits per heavy atom. The topological polar surface area (TPSA) is 59.6 Å². The van der Waals surface area contributed by atoms with Crippen LogP contribution < -0.4 is 20.1 Å². The normalized spacial score (nSPS) is 11.2. The molecule has 0 aliphatic heterocycles. The van der Waals surface area contributed by atoms with E-state index in [2.05, 4.69) is 17.6 Å². The van der Waals surface area contributed by atoms with E-state index in [0.717, 1.165) is 35.5 Å². The molecule has 1 unspecified atom stereocenters. The number of ether oxygens (including phenoxy) is 2. The van der Waals surface area contributed by atoms with Crippen LogP contribution >= 0.6 is 12.4 Å². The monoisotopic (exact) mass is 344 g/mol. The van der Waals surface area contributed by atoms with Crippen molar-refractivity contribution >= 4 is 18.4 Å². The van der Waals surface area contributed by atoms with Crippen molar-refractivity contribution in [2.45, 2.75) is 39.5 Å². The lowest BCUT2D eigenvalue weighted by molar-refractivity contribution is 0.240. The van der Waals surface area contributed by atoms with Crippen LogP contribution in [0, 0.1) is 6.92 Å². The van der Waals surface area contributed by atoms with Crippen LogP contribution in [-0.2, 0) is 0 Å². The predicted octanol–water partition coefficient (Wildman–Crippen LogP) is 3.64. The zero-order chi connectivity index (χ0) is 16.5. The van der Waals surface area contributed by atoms with Gasteiger partial charge in [0.2, 0.25) is 0 Å². The number of carbonyl (C=O) groups is 1. The van der Waals surface area contributed by atoms with Crippen LogP contribution in [0.15, 0.2) is 12.1 Å². The second-order valence-corrected chi connectivity index (χ2v) is 5.31. The summed E-state index contributed by atoms with van der Waals surface area (Å²) in [4.78, 5) is 11.7. The molecule has 1 aromatic carbocycles. The standard InChI is InChI=1S/C17H28N2O3.ClH/c1-6-8-13(11-19-17(20)18-7-2)16-14(21-4)9-12(3)10-15(16)22-5;/h9-10,13H,6-8,11H2,1-5H3,(H2,18,19,20);1H. The summed E-state index contributed by atoms with van der Waals surface area (Å²) >= 11 is 0. The van der Waals surface area contributed by atoms with Gasteiger partial charge in [0.15, 0.2) is 0 Å². The van der Waals surface area contributed by atoms with Gasteiger partial charge in [0.1, 0.15) is 11.5 Å². The average molecular weight is 345 g/mol. The highest BCUT2D eigenvalue weighted by Gasteiger charge is 2.21. The molecular weight excluding hydrogens is 316 g/mol. The molecule has 132 valence electrons. The first-order valence-electron chi connectivity index (χ1n) is 7.81. The third kappa shape index (κ3) is 6.18. The first-order chi connectivity index (χ1) is 10.6. The average Bonchev–Trinajstić information content (AvgIpc) is 2.51. The molecule has 5 nitrogen and oxygen atoms in total. The van der Waals surface area contributed by atoms with Gasteiger partial charge in [-0.25, -0.2) is 4.79 Å². The Hall–Kier alpha value is -1.62. The van der Waals surface area contributed by atoms with Crippen molar-refractivity contribution in [3.63, 3.8) is 0 Å². The van der Waals surface area contributed by atoms with E-state index < -0.39 is 0 Å². The zero-order valence-electron chi connectivity index (χ0n) is 14.7. The molecule has 0 aliphatic carbocycles. The summed E-state index contributed by atoms with van der Waals surface area (Å²) in [7, 11) is 3.33.